The molecule has 0 atom stereocenters. The lowest BCUT2D eigenvalue weighted by atomic mass is 10.2. The Hall–Kier alpha value is -2.51. The van der Waals surface area contributed by atoms with Crippen molar-refractivity contribution in [3.8, 4) is 0 Å². The SMILES string of the molecule is O=C(NNC(=S)NC(=O)c1ccc(Cl)cc1)c1cccnc1. The maximum Gasteiger partial charge on any atom is 0.271 e. The molecule has 0 spiro atoms. The number of hydrazine groups is 1. The van der Waals surface area contributed by atoms with Gasteiger partial charge in [0.25, 0.3) is 11.8 Å². The van der Waals surface area contributed by atoms with Gasteiger partial charge in [0.1, 0.15) is 0 Å². The van der Waals surface area contributed by atoms with Gasteiger partial charge in [0, 0.05) is 23.0 Å². The van der Waals surface area contributed by atoms with E-state index >= 15 is 0 Å². The predicted molar refractivity (Wildman–Crippen MR) is 86.4 cm³/mol. The Balaban J connectivity index is 1.84. The molecule has 1 aromatic carbocycles. The van der Waals surface area contributed by atoms with E-state index in [-0.39, 0.29) is 5.11 Å². The van der Waals surface area contributed by atoms with Gasteiger partial charge in [-0.15, -0.1) is 0 Å². The summed E-state index contributed by atoms with van der Waals surface area (Å²) < 4.78 is 0. The summed E-state index contributed by atoms with van der Waals surface area (Å²) in [5.41, 5.74) is 5.56. The van der Waals surface area contributed by atoms with E-state index in [1.807, 2.05) is 0 Å². The van der Waals surface area contributed by atoms with Crippen LogP contribution in [0.4, 0.5) is 0 Å². The fourth-order valence-electron chi connectivity index (χ4n) is 1.49. The molecule has 0 bridgehead atoms. The Morgan fingerprint density at radius 1 is 1.00 bits per heavy atom. The quantitative estimate of drug-likeness (QED) is 0.575. The lowest BCUT2D eigenvalue weighted by Gasteiger charge is -2.10. The molecule has 0 radical (unpaired) electrons. The van der Waals surface area contributed by atoms with Crippen molar-refractivity contribution >= 4 is 40.7 Å². The fourth-order valence-corrected chi connectivity index (χ4v) is 1.76. The monoisotopic (exact) mass is 334 g/mol. The van der Waals surface area contributed by atoms with E-state index in [1.165, 1.54) is 6.20 Å². The molecule has 112 valence electrons. The molecular weight excluding hydrogens is 324 g/mol. The molecule has 0 saturated carbocycles. The Morgan fingerprint density at radius 3 is 2.36 bits per heavy atom. The minimum absolute atomic E-state index is 0.0304. The zero-order chi connectivity index (χ0) is 15.9. The first kappa shape index (κ1) is 15.9. The zero-order valence-electron chi connectivity index (χ0n) is 11.2. The molecule has 2 rings (SSSR count). The standard InChI is InChI=1S/C14H11ClN4O2S/c15-11-5-3-9(4-6-11)12(20)17-14(22)19-18-13(21)10-2-1-7-16-8-10/h1-8H,(H,18,21)(H2,17,19,20,22). The number of amides is 2. The van der Waals surface area contributed by atoms with Crippen LogP contribution in [0.3, 0.4) is 0 Å². The number of aromatic nitrogens is 1. The number of benzene rings is 1. The van der Waals surface area contributed by atoms with E-state index in [4.69, 9.17) is 23.8 Å². The van der Waals surface area contributed by atoms with Crippen LogP contribution >= 0.6 is 23.8 Å². The van der Waals surface area contributed by atoms with Crippen molar-refractivity contribution in [3.63, 3.8) is 0 Å². The van der Waals surface area contributed by atoms with Crippen molar-refractivity contribution < 1.29 is 9.59 Å². The van der Waals surface area contributed by atoms with Gasteiger partial charge in [0.15, 0.2) is 5.11 Å². The van der Waals surface area contributed by atoms with Crippen molar-refractivity contribution in [1.29, 1.82) is 0 Å². The molecule has 3 N–H and O–H groups in total. The average Bonchev–Trinajstić information content (AvgIpc) is 2.54. The summed E-state index contributed by atoms with van der Waals surface area (Å²) in [5, 5.41) is 2.93. The zero-order valence-corrected chi connectivity index (χ0v) is 12.7. The number of nitrogens with one attached hydrogen (secondary N) is 3. The lowest BCUT2D eigenvalue weighted by molar-refractivity contribution is 0.0934. The summed E-state index contributed by atoms with van der Waals surface area (Å²) in [6, 6.07) is 9.55. The molecule has 0 aliphatic carbocycles. The Bertz CT molecular complexity index is 692. The van der Waals surface area contributed by atoms with Crippen molar-refractivity contribution in [2.45, 2.75) is 0 Å². The first-order valence-corrected chi connectivity index (χ1v) is 6.92. The van der Waals surface area contributed by atoms with Crippen molar-refractivity contribution in [1.82, 2.24) is 21.2 Å². The van der Waals surface area contributed by atoms with Gasteiger partial charge in [-0.25, -0.2) is 0 Å². The lowest BCUT2D eigenvalue weighted by Crippen LogP contribution is -2.48. The number of carbonyl (C=O) groups is 2. The van der Waals surface area contributed by atoms with Crippen LogP contribution in [-0.2, 0) is 0 Å². The van der Waals surface area contributed by atoms with E-state index in [0.717, 1.165) is 0 Å². The second-order valence-electron chi connectivity index (χ2n) is 4.11. The molecule has 1 aromatic heterocycles. The molecule has 22 heavy (non-hydrogen) atoms. The first-order chi connectivity index (χ1) is 10.6. The highest BCUT2D eigenvalue weighted by Gasteiger charge is 2.09. The van der Waals surface area contributed by atoms with Crippen LogP contribution in [0.25, 0.3) is 0 Å². The highest BCUT2D eigenvalue weighted by atomic mass is 35.5. The predicted octanol–water partition coefficient (Wildman–Crippen LogP) is 1.68. The van der Waals surface area contributed by atoms with Gasteiger partial charge < -0.3 is 0 Å². The Kier molecular flexibility index (Phi) is 5.40. The van der Waals surface area contributed by atoms with Gasteiger partial charge >= 0.3 is 0 Å². The van der Waals surface area contributed by atoms with E-state index in [1.54, 1.807) is 42.6 Å². The minimum Gasteiger partial charge on any atom is -0.298 e. The molecule has 2 aromatic rings. The van der Waals surface area contributed by atoms with Gasteiger partial charge in [0.2, 0.25) is 0 Å². The summed E-state index contributed by atoms with van der Waals surface area (Å²) >= 11 is 10.7. The molecule has 2 amide bonds. The molecular formula is C14H11ClN4O2S. The summed E-state index contributed by atoms with van der Waals surface area (Å²) in [7, 11) is 0. The third-order valence-electron chi connectivity index (χ3n) is 2.55. The highest BCUT2D eigenvalue weighted by Crippen LogP contribution is 2.09. The molecule has 1 heterocycles. The van der Waals surface area contributed by atoms with Crippen LogP contribution in [0.5, 0.6) is 0 Å². The molecule has 0 aliphatic heterocycles. The van der Waals surface area contributed by atoms with Crippen LogP contribution < -0.4 is 16.2 Å². The summed E-state index contributed by atoms with van der Waals surface area (Å²) in [6.45, 7) is 0. The summed E-state index contributed by atoms with van der Waals surface area (Å²) in [6.07, 6.45) is 2.97. The van der Waals surface area contributed by atoms with Crippen LogP contribution in [0.15, 0.2) is 48.8 Å². The van der Waals surface area contributed by atoms with E-state index in [2.05, 4.69) is 21.2 Å². The van der Waals surface area contributed by atoms with Gasteiger partial charge in [-0.3, -0.25) is 30.7 Å². The number of hydrogen-bond donors (Lipinski definition) is 3. The number of hydrogen-bond acceptors (Lipinski definition) is 4. The average molecular weight is 335 g/mol. The van der Waals surface area contributed by atoms with Crippen molar-refractivity contribution in [2.24, 2.45) is 0 Å². The number of nitrogens with zero attached hydrogens (tertiary/aromatic N) is 1. The highest BCUT2D eigenvalue weighted by molar-refractivity contribution is 7.80. The van der Waals surface area contributed by atoms with Crippen LogP contribution in [0.2, 0.25) is 5.02 Å². The Labute approximate surface area is 136 Å². The number of thiocarbonyl (C=S) groups is 1. The van der Waals surface area contributed by atoms with Crippen molar-refractivity contribution in [3.05, 3.63) is 64.9 Å². The van der Waals surface area contributed by atoms with E-state index in [9.17, 15) is 9.59 Å². The maximum atomic E-state index is 11.9. The third-order valence-corrected chi connectivity index (χ3v) is 3.00. The van der Waals surface area contributed by atoms with E-state index in [0.29, 0.717) is 16.1 Å². The van der Waals surface area contributed by atoms with Gasteiger partial charge in [-0.1, -0.05) is 11.6 Å². The molecule has 8 heteroatoms. The normalized spacial score (nSPS) is 9.68. The molecule has 0 unspecified atom stereocenters. The molecule has 0 aliphatic rings. The van der Waals surface area contributed by atoms with Gasteiger partial charge in [-0.05, 0) is 48.6 Å². The van der Waals surface area contributed by atoms with Crippen LogP contribution in [0.1, 0.15) is 20.7 Å². The second kappa shape index (κ2) is 7.48. The third kappa shape index (κ3) is 4.51. The van der Waals surface area contributed by atoms with Crippen molar-refractivity contribution in [2.75, 3.05) is 0 Å². The minimum atomic E-state index is -0.420. The molecule has 0 saturated heterocycles. The van der Waals surface area contributed by atoms with Crippen LogP contribution in [0, 0.1) is 0 Å². The van der Waals surface area contributed by atoms with Gasteiger partial charge in [-0.2, -0.15) is 0 Å². The first-order valence-electron chi connectivity index (χ1n) is 6.13. The topological polar surface area (TPSA) is 83.1 Å². The van der Waals surface area contributed by atoms with Gasteiger partial charge in [0.05, 0.1) is 5.56 Å². The maximum absolute atomic E-state index is 11.9. The molecule has 0 fully saturated rings. The van der Waals surface area contributed by atoms with Crippen LogP contribution in [-0.4, -0.2) is 21.9 Å². The Morgan fingerprint density at radius 2 is 1.73 bits per heavy atom. The van der Waals surface area contributed by atoms with E-state index < -0.39 is 11.8 Å². The smallest absolute Gasteiger partial charge is 0.271 e. The number of carbonyl (C=O) groups excluding carboxylic acids is 2. The largest absolute Gasteiger partial charge is 0.298 e. The summed E-state index contributed by atoms with van der Waals surface area (Å²) in [5.74, 6) is -0.832. The number of rotatable bonds is 2. The number of pyridine rings is 1. The molecule has 6 nitrogen and oxygen atoms in total. The summed E-state index contributed by atoms with van der Waals surface area (Å²) in [4.78, 5) is 27.4. The fraction of sp³-hybridized carbons (Fsp3) is 0. The second-order valence-corrected chi connectivity index (χ2v) is 4.96. The number of halogens is 1.